The van der Waals surface area contributed by atoms with Crippen LogP contribution in [-0.4, -0.2) is 72.1 Å². The predicted octanol–water partition coefficient (Wildman–Crippen LogP) is 2.57. The molecule has 146 valence electrons. The summed E-state index contributed by atoms with van der Waals surface area (Å²) in [6.07, 6.45) is 3.60. The number of carbonyl (C=O) groups excluding carboxylic acids is 2. The number of urea groups is 1. The predicted molar refractivity (Wildman–Crippen MR) is 98.6 cm³/mol. The van der Waals surface area contributed by atoms with E-state index < -0.39 is 5.54 Å². The zero-order valence-electron chi connectivity index (χ0n) is 16.5. The van der Waals surface area contributed by atoms with E-state index in [0.717, 1.165) is 25.2 Å². The molecule has 0 bridgehead atoms. The summed E-state index contributed by atoms with van der Waals surface area (Å²) in [7, 11) is 3.39. The van der Waals surface area contributed by atoms with Gasteiger partial charge >= 0.3 is 6.03 Å². The van der Waals surface area contributed by atoms with Gasteiger partial charge in [-0.25, -0.2) is 4.79 Å². The van der Waals surface area contributed by atoms with Crippen molar-refractivity contribution in [2.75, 3.05) is 33.8 Å². The van der Waals surface area contributed by atoms with Gasteiger partial charge in [-0.1, -0.05) is 0 Å². The Balaban J connectivity index is 2.13. The molecule has 0 aromatic carbocycles. The second kappa shape index (κ2) is 8.58. The van der Waals surface area contributed by atoms with E-state index >= 15 is 0 Å². The molecule has 0 spiro atoms. The van der Waals surface area contributed by atoms with E-state index in [9.17, 15) is 9.59 Å². The zero-order valence-corrected chi connectivity index (χ0v) is 16.5. The number of hydrogen-bond acceptors (Lipinski definition) is 4. The molecule has 1 aromatic rings. The van der Waals surface area contributed by atoms with Crippen LogP contribution in [0.15, 0.2) is 22.8 Å². The minimum absolute atomic E-state index is 0.0218. The zero-order chi connectivity index (χ0) is 19.3. The molecule has 1 saturated heterocycles. The number of rotatable bonds is 6. The molecule has 1 unspecified atom stereocenters. The summed E-state index contributed by atoms with van der Waals surface area (Å²) in [6, 6.07) is 3.48. The molecule has 0 saturated carbocycles. The van der Waals surface area contributed by atoms with Gasteiger partial charge in [-0.15, -0.1) is 0 Å². The average molecular weight is 365 g/mol. The first-order chi connectivity index (χ1) is 12.2. The van der Waals surface area contributed by atoms with E-state index in [-0.39, 0.29) is 24.6 Å². The maximum atomic E-state index is 13.1. The van der Waals surface area contributed by atoms with Crippen molar-refractivity contribution in [1.82, 2.24) is 14.7 Å². The molecule has 0 radical (unpaired) electrons. The maximum absolute atomic E-state index is 13.1. The highest BCUT2D eigenvalue weighted by molar-refractivity contribution is 5.84. The molecule has 26 heavy (non-hydrogen) atoms. The number of amides is 3. The standard InChI is InChI=1S/C19H31N3O4/c1-19(2,3)22(18(24)20(4)5)14-17(23)21(12-15-8-6-10-25-15)13-16-9-7-11-26-16/h6,8,10,16H,7,9,11-14H2,1-5H3. The van der Waals surface area contributed by atoms with Gasteiger partial charge < -0.3 is 23.9 Å². The summed E-state index contributed by atoms with van der Waals surface area (Å²) < 4.78 is 11.1. The van der Waals surface area contributed by atoms with E-state index in [1.165, 1.54) is 4.90 Å². The van der Waals surface area contributed by atoms with E-state index in [2.05, 4.69) is 0 Å². The van der Waals surface area contributed by atoms with Crippen LogP contribution in [0.1, 0.15) is 39.4 Å². The fraction of sp³-hybridized carbons (Fsp3) is 0.684. The monoisotopic (exact) mass is 365 g/mol. The first-order valence-corrected chi connectivity index (χ1v) is 9.09. The number of ether oxygens (including phenoxy) is 1. The lowest BCUT2D eigenvalue weighted by atomic mass is 10.1. The van der Waals surface area contributed by atoms with Gasteiger partial charge in [0.1, 0.15) is 12.3 Å². The van der Waals surface area contributed by atoms with E-state index in [0.29, 0.717) is 13.1 Å². The lowest BCUT2D eigenvalue weighted by molar-refractivity contribution is -0.135. The van der Waals surface area contributed by atoms with Crippen LogP contribution in [0.5, 0.6) is 0 Å². The molecule has 1 aliphatic rings. The number of hydrogen-bond donors (Lipinski definition) is 0. The summed E-state index contributed by atoms with van der Waals surface area (Å²) in [5.41, 5.74) is -0.461. The van der Waals surface area contributed by atoms with Gasteiger partial charge in [-0.05, 0) is 45.7 Å². The number of nitrogens with zero attached hydrogens (tertiary/aromatic N) is 3. The summed E-state index contributed by atoms with van der Waals surface area (Å²) in [4.78, 5) is 30.4. The normalized spacial score (nSPS) is 17.2. The van der Waals surface area contributed by atoms with Gasteiger partial charge in [0.25, 0.3) is 0 Å². The minimum Gasteiger partial charge on any atom is -0.467 e. The molecule has 1 aliphatic heterocycles. The van der Waals surface area contributed by atoms with Crippen LogP contribution in [0, 0.1) is 0 Å². The smallest absolute Gasteiger partial charge is 0.320 e. The van der Waals surface area contributed by atoms with Gasteiger partial charge in [-0.3, -0.25) is 4.79 Å². The minimum atomic E-state index is -0.461. The molecule has 2 rings (SSSR count). The van der Waals surface area contributed by atoms with Gasteiger partial charge in [0.05, 0.1) is 18.9 Å². The largest absolute Gasteiger partial charge is 0.467 e. The Hall–Kier alpha value is -2.02. The number of carbonyl (C=O) groups is 2. The molecule has 7 nitrogen and oxygen atoms in total. The highest BCUT2D eigenvalue weighted by atomic mass is 16.5. The topological polar surface area (TPSA) is 66.2 Å². The van der Waals surface area contributed by atoms with E-state index in [1.807, 2.05) is 26.8 Å². The van der Waals surface area contributed by atoms with Crippen molar-refractivity contribution in [3.8, 4) is 0 Å². The quantitative estimate of drug-likeness (QED) is 0.777. The molecule has 1 atom stereocenters. The Morgan fingerprint density at radius 3 is 2.50 bits per heavy atom. The fourth-order valence-electron chi connectivity index (χ4n) is 2.95. The highest BCUT2D eigenvalue weighted by Crippen LogP contribution is 2.19. The molecule has 0 N–H and O–H groups in total. The van der Waals surface area contributed by atoms with Gasteiger partial charge in [0, 0.05) is 32.8 Å². The fourth-order valence-corrected chi connectivity index (χ4v) is 2.95. The summed E-state index contributed by atoms with van der Waals surface area (Å²) in [5.74, 6) is 0.611. The Labute approximate surface area is 155 Å². The third-order valence-corrected chi connectivity index (χ3v) is 4.44. The third kappa shape index (κ3) is 5.49. The van der Waals surface area contributed by atoms with Crippen LogP contribution in [0.3, 0.4) is 0 Å². The van der Waals surface area contributed by atoms with Crippen LogP contribution in [0.4, 0.5) is 4.79 Å². The molecule has 3 amide bonds. The first kappa shape index (κ1) is 20.3. The van der Waals surface area contributed by atoms with Gasteiger partial charge in [0.15, 0.2) is 0 Å². The Morgan fingerprint density at radius 1 is 1.27 bits per heavy atom. The van der Waals surface area contributed by atoms with E-state index in [1.54, 1.807) is 36.2 Å². The SMILES string of the molecule is CN(C)C(=O)N(CC(=O)N(Cc1ccco1)CC1CCCO1)C(C)(C)C. The maximum Gasteiger partial charge on any atom is 0.320 e. The van der Waals surface area contributed by atoms with Crippen LogP contribution in [0.2, 0.25) is 0 Å². The molecule has 2 heterocycles. The average Bonchev–Trinajstić information content (AvgIpc) is 3.23. The van der Waals surface area contributed by atoms with Crippen LogP contribution < -0.4 is 0 Å². The number of furan rings is 1. The Bertz CT molecular complexity index is 586. The lowest BCUT2D eigenvalue weighted by Gasteiger charge is -2.38. The van der Waals surface area contributed by atoms with Gasteiger partial charge in [0.2, 0.25) is 5.91 Å². The second-order valence-electron chi connectivity index (χ2n) is 7.92. The molecule has 1 fully saturated rings. The van der Waals surface area contributed by atoms with Crippen molar-refractivity contribution in [3.05, 3.63) is 24.2 Å². The highest BCUT2D eigenvalue weighted by Gasteiger charge is 2.32. The molecule has 7 heteroatoms. The van der Waals surface area contributed by atoms with Crippen molar-refractivity contribution in [1.29, 1.82) is 0 Å². The van der Waals surface area contributed by atoms with E-state index in [4.69, 9.17) is 9.15 Å². The van der Waals surface area contributed by atoms with Crippen LogP contribution in [-0.2, 0) is 16.1 Å². The summed E-state index contributed by atoms with van der Waals surface area (Å²) >= 11 is 0. The second-order valence-corrected chi connectivity index (χ2v) is 7.92. The molecular weight excluding hydrogens is 334 g/mol. The van der Waals surface area contributed by atoms with Crippen molar-refractivity contribution in [2.45, 2.75) is 51.8 Å². The third-order valence-electron chi connectivity index (χ3n) is 4.44. The van der Waals surface area contributed by atoms with Crippen molar-refractivity contribution >= 4 is 11.9 Å². The van der Waals surface area contributed by atoms with Crippen LogP contribution in [0.25, 0.3) is 0 Å². The first-order valence-electron chi connectivity index (χ1n) is 9.09. The molecule has 1 aromatic heterocycles. The Morgan fingerprint density at radius 2 is 2.00 bits per heavy atom. The van der Waals surface area contributed by atoms with Crippen molar-refractivity contribution in [2.24, 2.45) is 0 Å². The summed E-state index contributed by atoms with van der Waals surface area (Å²) in [6.45, 7) is 7.43. The lowest BCUT2D eigenvalue weighted by Crippen LogP contribution is -2.54. The molecule has 0 aliphatic carbocycles. The van der Waals surface area contributed by atoms with Crippen molar-refractivity contribution in [3.63, 3.8) is 0 Å². The van der Waals surface area contributed by atoms with Gasteiger partial charge in [-0.2, -0.15) is 0 Å². The van der Waals surface area contributed by atoms with Crippen LogP contribution >= 0.6 is 0 Å². The summed E-state index contributed by atoms with van der Waals surface area (Å²) in [5, 5.41) is 0. The Kier molecular flexibility index (Phi) is 6.69. The molecular formula is C19H31N3O4. The van der Waals surface area contributed by atoms with Crippen molar-refractivity contribution < 1.29 is 18.7 Å².